The van der Waals surface area contributed by atoms with Crippen molar-refractivity contribution in [3.8, 4) is 0 Å². The van der Waals surface area contributed by atoms with Crippen LogP contribution in [0.15, 0.2) is 54.9 Å². The highest BCUT2D eigenvalue weighted by atomic mass is 19.1. The number of carbonyl (C=O) groups excluding carboxylic acids is 2. The minimum atomic E-state index is -0.454. The molecule has 1 aliphatic rings. The van der Waals surface area contributed by atoms with Crippen molar-refractivity contribution < 1.29 is 18.7 Å². The fourth-order valence-corrected chi connectivity index (χ4v) is 4.07. The SMILES string of the molecule is CC(=O)c1cc(C(=O)NCc2ccc(F)c(C)c2)nc2ncnn12.NCc1ccc(CN2CCOCC2)cc1. The Bertz CT molecular complexity index is 1430. The minimum Gasteiger partial charge on any atom is -0.379 e. The largest absolute Gasteiger partial charge is 0.379 e. The molecular weight excluding hydrogens is 501 g/mol. The van der Waals surface area contributed by atoms with Gasteiger partial charge in [0.25, 0.3) is 11.7 Å². The topological polar surface area (TPSA) is 128 Å². The standard InChI is InChI=1S/C16H14FN5O2.C12H18N2O/c1-9-5-11(3-4-12(9)17)7-18-15(24)13-6-14(10(2)23)22-16(21-13)19-8-20-22;13-9-11-1-3-12(4-2-11)10-14-5-7-15-8-6-14/h3-6,8H,7H2,1-2H3,(H,18,24);1-4H,5-10,13H2. The Morgan fingerprint density at radius 1 is 1.05 bits per heavy atom. The van der Waals surface area contributed by atoms with Gasteiger partial charge in [-0.3, -0.25) is 14.5 Å². The van der Waals surface area contributed by atoms with Gasteiger partial charge < -0.3 is 15.8 Å². The Morgan fingerprint density at radius 3 is 2.41 bits per heavy atom. The maximum absolute atomic E-state index is 13.3. The number of ether oxygens (including phenoxy) is 1. The molecule has 39 heavy (non-hydrogen) atoms. The average molecular weight is 534 g/mol. The van der Waals surface area contributed by atoms with Crippen LogP contribution in [0, 0.1) is 12.7 Å². The van der Waals surface area contributed by atoms with Crippen LogP contribution in [0.2, 0.25) is 0 Å². The van der Waals surface area contributed by atoms with E-state index in [1.165, 1.54) is 41.0 Å². The third-order valence-corrected chi connectivity index (χ3v) is 6.29. The van der Waals surface area contributed by atoms with E-state index in [1.807, 2.05) is 0 Å². The van der Waals surface area contributed by atoms with Gasteiger partial charge in [-0.25, -0.2) is 9.37 Å². The number of halogens is 1. The summed E-state index contributed by atoms with van der Waals surface area (Å²) in [5, 5.41) is 6.60. The molecule has 11 heteroatoms. The first kappa shape index (κ1) is 28.0. The quantitative estimate of drug-likeness (QED) is 0.347. The number of rotatable bonds is 7. The number of morpholine rings is 1. The summed E-state index contributed by atoms with van der Waals surface area (Å²) in [6.07, 6.45) is 1.26. The van der Waals surface area contributed by atoms with E-state index in [-0.39, 0.29) is 35.3 Å². The number of amides is 1. The summed E-state index contributed by atoms with van der Waals surface area (Å²) >= 11 is 0. The number of aromatic nitrogens is 4. The highest BCUT2D eigenvalue weighted by Gasteiger charge is 2.16. The van der Waals surface area contributed by atoms with Crippen molar-refractivity contribution in [2.75, 3.05) is 26.3 Å². The second kappa shape index (κ2) is 13.1. The molecule has 0 radical (unpaired) electrons. The molecule has 0 bridgehead atoms. The van der Waals surface area contributed by atoms with Gasteiger partial charge in [0.1, 0.15) is 23.5 Å². The maximum atomic E-state index is 13.3. The lowest BCUT2D eigenvalue weighted by Gasteiger charge is -2.26. The first-order chi connectivity index (χ1) is 18.8. The van der Waals surface area contributed by atoms with E-state index in [4.69, 9.17) is 10.5 Å². The number of aryl methyl sites for hydroxylation is 1. The third-order valence-electron chi connectivity index (χ3n) is 6.29. The summed E-state index contributed by atoms with van der Waals surface area (Å²) < 4.78 is 19.9. The first-order valence-electron chi connectivity index (χ1n) is 12.7. The van der Waals surface area contributed by atoms with E-state index in [0.29, 0.717) is 12.1 Å². The van der Waals surface area contributed by atoms with Gasteiger partial charge in [-0.15, -0.1) is 0 Å². The number of nitrogens with two attached hydrogens (primary N) is 1. The summed E-state index contributed by atoms with van der Waals surface area (Å²) in [7, 11) is 0. The van der Waals surface area contributed by atoms with E-state index >= 15 is 0 Å². The van der Waals surface area contributed by atoms with Gasteiger partial charge in [-0.05, 0) is 41.3 Å². The van der Waals surface area contributed by atoms with Crippen molar-refractivity contribution in [2.45, 2.75) is 33.5 Å². The number of nitrogens with zero attached hydrogens (tertiary/aromatic N) is 5. The molecule has 1 saturated heterocycles. The van der Waals surface area contributed by atoms with Crippen molar-refractivity contribution >= 4 is 17.5 Å². The van der Waals surface area contributed by atoms with Crippen LogP contribution in [0.25, 0.3) is 5.78 Å². The summed E-state index contributed by atoms with van der Waals surface area (Å²) in [4.78, 5) is 34.4. The number of ketones is 1. The lowest BCUT2D eigenvalue weighted by atomic mass is 10.1. The molecule has 3 N–H and O–H groups in total. The van der Waals surface area contributed by atoms with Crippen molar-refractivity contribution in [3.05, 3.63) is 94.3 Å². The molecule has 4 aromatic rings. The Morgan fingerprint density at radius 2 is 1.74 bits per heavy atom. The molecule has 2 aromatic carbocycles. The smallest absolute Gasteiger partial charge is 0.270 e. The molecule has 1 fully saturated rings. The highest BCUT2D eigenvalue weighted by Crippen LogP contribution is 2.11. The van der Waals surface area contributed by atoms with Gasteiger partial charge in [0.2, 0.25) is 0 Å². The second-order valence-corrected chi connectivity index (χ2v) is 9.23. The molecule has 0 saturated carbocycles. The van der Waals surface area contributed by atoms with Crippen molar-refractivity contribution in [1.82, 2.24) is 29.8 Å². The van der Waals surface area contributed by atoms with Crippen LogP contribution in [0.5, 0.6) is 0 Å². The number of carbonyl (C=O) groups is 2. The molecular formula is C28H32FN7O3. The van der Waals surface area contributed by atoms with E-state index in [1.54, 1.807) is 19.1 Å². The zero-order chi connectivity index (χ0) is 27.8. The molecule has 1 aliphatic heterocycles. The first-order valence-corrected chi connectivity index (χ1v) is 12.7. The van der Waals surface area contributed by atoms with Gasteiger partial charge in [0.05, 0.1) is 13.2 Å². The molecule has 0 atom stereocenters. The van der Waals surface area contributed by atoms with Crippen LogP contribution in [0.1, 0.15) is 50.2 Å². The fraction of sp³-hybridized carbons (Fsp3) is 0.321. The second-order valence-electron chi connectivity index (χ2n) is 9.23. The minimum absolute atomic E-state index is 0.0690. The average Bonchev–Trinajstić information content (AvgIpc) is 3.43. The van der Waals surface area contributed by atoms with Crippen molar-refractivity contribution in [1.29, 1.82) is 0 Å². The molecule has 2 aromatic heterocycles. The van der Waals surface area contributed by atoms with Crippen LogP contribution < -0.4 is 11.1 Å². The summed E-state index contributed by atoms with van der Waals surface area (Å²) in [5.41, 5.74) is 9.66. The molecule has 1 amide bonds. The molecule has 204 valence electrons. The number of fused-ring (bicyclic) bond motifs is 1. The highest BCUT2D eigenvalue weighted by molar-refractivity contribution is 5.98. The van der Waals surface area contributed by atoms with Gasteiger partial charge >= 0.3 is 0 Å². The van der Waals surface area contributed by atoms with E-state index in [9.17, 15) is 14.0 Å². The predicted molar refractivity (Wildman–Crippen MR) is 144 cm³/mol. The Hall–Kier alpha value is -4.06. The van der Waals surface area contributed by atoms with Crippen LogP contribution in [-0.2, 0) is 24.4 Å². The number of benzene rings is 2. The normalized spacial score (nSPS) is 13.5. The molecule has 3 heterocycles. The van der Waals surface area contributed by atoms with E-state index in [2.05, 4.69) is 49.5 Å². The van der Waals surface area contributed by atoms with Crippen LogP contribution in [-0.4, -0.2) is 62.5 Å². The Balaban J connectivity index is 0.000000202. The molecule has 5 rings (SSSR count). The summed E-state index contributed by atoms with van der Waals surface area (Å²) in [6.45, 7) is 8.69. The van der Waals surface area contributed by atoms with Crippen molar-refractivity contribution in [2.24, 2.45) is 5.73 Å². The molecule has 10 nitrogen and oxygen atoms in total. The van der Waals surface area contributed by atoms with Crippen molar-refractivity contribution in [3.63, 3.8) is 0 Å². The predicted octanol–water partition coefficient (Wildman–Crippen LogP) is 2.68. The van der Waals surface area contributed by atoms with E-state index in [0.717, 1.165) is 38.4 Å². The maximum Gasteiger partial charge on any atom is 0.270 e. The van der Waals surface area contributed by atoms with Crippen LogP contribution in [0.4, 0.5) is 4.39 Å². The van der Waals surface area contributed by atoms with Crippen LogP contribution >= 0.6 is 0 Å². The number of Topliss-reactive ketones (excluding diaryl/α,β-unsaturated/α-hetero) is 1. The monoisotopic (exact) mass is 533 g/mol. The van der Waals surface area contributed by atoms with Gasteiger partial charge in [-0.2, -0.15) is 14.6 Å². The van der Waals surface area contributed by atoms with E-state index < -0.39 is 5.91 Å². The molecule has 0 spiro atoms. The zero-order valence-corrected chi connectivity index (χ0v) is 22.1. The lowest BCUT2D eigenvalue weighted by Crippen LogP contribution is -2.35. The summed E-state index contributed by atoms with van der Waals surface area (Å²) in [5.74, 6) is -0.832. The number of hydrogen-bond acceptors (Lipinski definition) is 8. The fourth-order valence-electron chi connectivity index (χ4n) is 4.07. The van der Waals surface area contributed by atoms with Gasteiger partial charge in [-0.1, -0.05) is 36.4 Å². The Labute approximate surface area is 226 Å². The number of hydrogen-bond donors (Lipinski definition) is 2. The molecule has 0 unspecified atom stereocenters. The number of nitrogens with one attached hydrogen (secondary N) is 1. The lowest BCUT2D eigenvalue weighted by molar-refractivity contribution is 0.0342. The van der Waals surface area contributed by atoms with Gasteiger partial charge in [0, 0.05) is 39.6 Å². The third kappa shape index (κ3) is 7.50. The van der Waals surface area contributed by atoms with Crippen LogP contribution in [0.3, 0.4) is 0 Å². The molecule has 0 aliphatic carbocycles. The zero-order valence-electron chi connectivity index (χ0n) is 22.1. The Kier molecular flexibility index (Phi) is 9.42. The van der Waals surface area contributed by atoms with Gasteiger partial charge in [0.15, 0.2) is 5.78 Å². The summed E-state index contributed by atoms with van der Waals surface area (Å²) in [6, 6.07) is 14.5.